The van der Waals surface area contributed by atoms with E-state index in [0.717, 1.165) is 77.8 Å². The number of rotatable bonds is 13. The van der Waals surface area contributed by atoms with Gasteiger partial charge in [0.2, 0.25) is 10.2 Å². The molecule has 0 bridgehead atoms. The van der Waals surface area contributed by atoms with E-state index >= 15 is 0 Å². The van der Waals surface area contributed by atoms with Crippen molar-refractivity contribution in [1.29, 1.82) is 5.26 Å². The Morgan fingerprint density at radius 3 is 1.51 bits per heavy atom. The van der Waals surface area contributed by atoms with E-state index in [1.54, 1.807) is 50.2 Å². The summed E-state index contributed by atoms with van der Waals surface area (Å²) in [4.78, 5) is 78.3. The number of aliphatic hydroxyl groups excluding tert-OH is 2. The summed E-state index contributed by atoms with van der Waals surface area (Å²) in [5, 5.41) is 47.8. The second kappa shape index (κ2) is 25.3. The molecule has 4 aromatic rings. The van der Waals surface area contributed by atoms with E-state index in [0.29, 0.717) is 68.9 Å². The number of amides is 2. The number of nitrogens with zero attached hydrogens (tertiary/aromatic N) is 5. The van der Waals surface area contributed by atoms with Gasteiger partial charge >= 0.3 is 11.9 Å². The summed E-state index contributed by atoms with van der Waals surface area (Å²) in [6.45, 7) is 11.9. The molecule has 518 valence electrons. The van der Waals surface area contributed by atoms with Crippen molar-refractivity contribution in [3.8, 4) is 17.4 Å². The van der Waals surface area contributed by atoms with Crippen LogP contribution in [0, 0.1) is 68.5 Å². The number of ether oxygens (including phenoxy) is 2. The molecule has 8 fully saturated rings. The zero-order valence-electron chi connectivity index (χ0n) is 55.8. The molecule has 4 heterocycles. The second-order valence-corrected chi connectivity index (χ2v) is 36.0. The molecule has 2 unspecified atom stereocenters. The largest absolute Gasteiger partial charge is 0.449 e. The van der Waals surface area contributed by atoms with E-state index in [4.69, 9.17) is 19.7 Å². The predicted octanol–water partition coefficient (Wildman–Crippen LogP) is 8.51. The molecule has 2 aromatic heterocycles. The highest BCUT2D eigenvalue weighted by molar-refractivity contribution is 8.14. The van der Waals surface area contributed by atoms with Crippen LogP contribution in [0.25, 0.3) is 23.5 Å². The predicted molar refractivity (Wildman–Crippen MR) is 366 cm³/mol. The maximum atomic E-state index is 13.8. The van der Waals surface area contributed by atoms with Gasteiger partial charge in [0, 0.05) is 46.9 Å². The molecule has 0 spiro atoms. The molecule has 4 N–H and O–H groups in total. The summed E-state index contributed by atoms with van der Waals surface area (Å²) in [5.41, 5.74) is 4.00. The Kier molecular flexibility index (Phi) is 18.0. The number of carbonyl (C=O) groups is 6. The van der Waals surface area contributed by atoms with Gasteiger partial charge in [0.25, 0.3) is 11.8 Å². The molecule has 0 radical (unpaired) electrons. The van der Waals surface area contributed by atoms with Crippen molar-refractivity contribution in [1.82, 2.24) is 30.2 Å². The Labute approximate surface area is 576 Å². The van der Waals surface area contributed by atoms with Gasteiger partial charge in [-0.3, -0.25) is 28.8 Å². The zero-order chi connectivity index (χ0) is 69.2. The van der Waals surface area contributed by atoms with E-state index in [1.807, 2.05) is 53.8 Å². The average molecular weight is 1400 g/mol. The number of thiol groups is 1. The smallest absolute Gasteiger partial charge is 0.306 e. The van der Waals surface area contributed by atoms with Crippen molar-refractivity contribution < 1.29 is 65.3 Å². The second-order valence-electron chi connectivity index (χ2n) is 30.2. The number of nitrogens with one attached hydrogen (secondary N) is 2. The molecule has 10 aliphatic rings. The van der Waals surface area contributed by atoms with Crippen molar-refractivity contribution in [2.45, 2.75) is 180 Å². The molecule has 25 heteroatoms. The summed E-state index contributed by atoms with van der Waals surface area (Å²) < 4.78 is 63.3. The standard InChI is InChI=1S/C37H44N4O7S2.C35H43N3O7S2/c1-4-31(43)48-37(34(45)49-14-13-38)12-10-28-27-9-8-24-17-29-23(18-35(24,2)32(27)30(42)19-36(28,37)3)20-39-41(29)26-7-5-6-22(16-26)33(44)40-25-11-15-50(46,47)21-25;1-4-29(40)45-35(32(42)46)12-10-26-25-9-8-22-15-27-21(16-33(22,2)30(25)28(39)17-34(26,35)3)18-36-38(27)24-7-5-6-20(14-24)31(41)37-23-11-13-47(43,44)19-23/h5-7,16-17,20,25,27-28,30,32,42H,4,8-12,14-15,18-19,21H2,1-3H3,(H,40,44);5-7,14-15,18,23,25-26,28,30,39H,4,8-13,16-17,19H2,1-3H3,(H,37,41)(H,42,46)/t25?,27-,28-,30-,32+,35-,36-,37-;23?,25-,26-,28-,30+,33-,34-,35-/m00/s1. The zero-order valence-corrected chi connectivity index (χ0v) is 59.1. The van der Waals surface area contributed by atoms with Crippen molar-refractivity contribution in [3.63, 3.8) is 0 Å². The molecule has 14 rings (SSSR count). The number of hydrogen-bond acceptors (Lipinski definition) is 18. The number of fused-ring (bicyclic) bond motifs is 12. The van der Waals surface area contributed by atoms with Gasteiger partial charge in [0.05, 0.1) is 82.2 Å². The average Bonchev–Trinajstić information content (AvgIpc) is 1.65. The molecular weight excluding hydrogens is 1320 g/mol. The minimum absolute atomic E-state index is 0.0216. The number of aliphatic hydroxyl groups is 2. The van der Waals surface area contributed by atoms with Crippen LogP contribution in [0.3, 0.4) is 0 Å². The van der Waals surface area contributed by atoms with Gasteiger partial charge < -0.3 is 30.3 Å². The van der Waals surface area contributed by atoms with E-state index in [1.165, 1.54) is 11.1 Å². The number of aromatic nitrogens is 4. The molecule has 8 aliphatic carbocycles. The van der Waals surface area contributed by atoms with Gasteiger partial charge in [-0.15, -0.1) is 12.6 Å². The van der Waals surface area contributed by atoms with Gasteiger partial charge in [0.15, 0.2) is 30.9 Å². The van der Waals surface area contributed by atoms with Gasteiger partial charge in [-0.2, -0.15) is 15.5 Å². The molecule has 6 saturated carbocycles. The highest BCUT2D eigenvalue weighted by Crippen LogP contribution is 2.71. The summed E-state index contributed by atoms with van der Waals surface area (Å²) in [6, 6.07) is 15.6. The van der Waals surface area contributed by atoms with E-state index in [9.17, 15) is 61.1 Å². The lowest BCUT2D eigenvalue weighted by atomic mass is 9.45. The van der Waals surface area contributed by atoms with Crippen LogP contribution >= 0.6 is 24.4 Å². The van der Waals surface area contributed by atoms with Crippen molar-refractivity contribution in [2.75, 3.05) is 28.8 Å². The number of thioether (sulfide) groups is 1. The lowest BCUT2D eigenvalue weighted by molar-refractivity contribution is -0.196. The first kappa shape index (κ1) is 69.1. The molecule has 2 aromatic carbocycles. The van der Waals surface area contributed by atoms with Crippen LogP contribution in [0.1, 0.15) is 175 Å². The van der Waals surface area contributed by atoms with Gasteiger partial charge in [-0.05, 0) is 196 Å². The van der Waals surface area contributed by atoms with Crippen LogP contribution in [0.2, 0.25) is 0 Å². The Bertz CT molecular complexity index is 4270. The molecular formula is C72H87N7O14S4. The number of esters is 2. The summed E-state index contributed by atoms with van der Waals surface area (Å²) >= 11 is 5.16. The fraction of sp³-hybridized carbons (Fsp3) is 0.597. The third kappa shape index (κ3) is 11.6. The van der Waals surface area contributed by atoms with Gasteiger partial charge in [0.1, 0.15) is 0 Å². The van der Waals surface area contributed by atoms with E-state index < -0.39 is 77.0 Å². The van der Waals surface area contributed by atoms with Crippen molar-refractivity contribution in [3.05, 3.63) is 106 Å². The molecule has 2 aliphatic heterocycles. The Morgan fingerprint density at radius 2 is 1.09 bits per heavy atom. The maximum absolute atomic E-state index is 13.8. The number of hydrogen-bond donors (Lipinski definition) is 5. The first-order valence-corrected chi connectivity index (χ1v) is 39.4. The fourth-order valence-electron chi connectivity index (χ4n) is 20.5. The van der Waals surface area contributed by atoms with Crippen molar-refractivity contribution in [2.24, 2.45) is 57.2 Å². The monoisotopic (exact) mass is 1400 g/mol. The number of carbonyl (C=O) groups excluding carboxylic acids is 6. The van der Waals surface area contributed by atoms with Crippen LogP contribution in [0.4, 0.5) is 0 Å². The SMILES string of the molecule is CCC(=O)O[C@]1(C(=O)S)CC[C@H]2[C@@H]3CCC4=Cc5c(cnn5-c5cccc(C(=O)NC6CCS(=O)(=O)C6)c5)C[C@]4(C)[C@H]3[C@@H](O)C[C@@]21C.CCC(=O)O[C@]1(C(=O)SCC#N)CC[C@H]2[C@@H]3CCC4=Cc5c(cnn5-c5cccc(C(=O)NC6CCS(=O)(=O)C6)c5)C[C@]4(C)[C@H]3[C@@H](O)C[C@@]21C. The van der Waals surface area contributed by atoms with E-state index in [-0.39, 0.29) is 111 Å². The summed E-state index contributed by atoms with van der Waals surface area (Å²) in [7, 11) is -6.23. The number of sulfone groups is 2. The summed E-state index contributed by atoms with van der Waals surface area (Å²) in [6.07, 6.45) is 15.5. The highest BCUT2D eigenvalue weighted by Gasteiger charge is 2.72. The maximum Gasteiger partial charge on any atom is 0.306 e. The Morgan fingerprint density at radius 1 is 0.660 bits per heavy atom. The minimum Gasteiger partial charge on any atom is -0.449 e. The first-order valence-electron chi connectivity index (χ1n) is 34.3. The molecule has 2 amide bonds. The number of allylic oxidation sites excluding steroid dienone is 2. The van der Waals surface area contributed by atoms with Crippen LogP contribution in [-0.2, 0) is 61.2 Å². The number of benzene rings is 2. The topological polar surface area (TPSA) is 313 Å². The molecule has 21 nitrogen and oxygen atoms in total. The third-order valence-corrected chi connectivity index (χ3v) is 29.8. The van der Waals surface area contributed by atoms with Gasteiger partial charge in [-0.25, -0.2) is 26.2 Å². The lowest BCUT2D eigenvalue weighted by Crippen LogP contribution is -2.62. The minimum atomic E-state index is -3.12. The molecule has 97 heavy (non-hydrogen) atoms. The lowest BCUT2D eigenvalue weighted by Gasteiger charge is -2.60. The fourth-order valence-corrected chi connectivity index (χ4v) is 25.1. The van der Waals surface area contributed by atoms with Crippen LogP contribution < -0.4 is 10.6 Å². The normalized spacial score (nSPS) is 35.8. The highest BCUT2D eigenvalue weighted by atomic mass is 32.2. The quantitative estimate of drug-likeness (QED) is 0.0618. The van der Waals surface area contributed by atoms with Crippen molar-refractivity contribution >= 4 is 90.2 Å². The first-order chi connectivity index (χ1) is 46.0. The Hall–Kier alpha value is -6.43. The molecule has 2 saturated heterocycles. The van der Waals surface area contributed by atoms with Gasteiger partial charge in [-0.1, -0.05) is 76.6 Å². The molecule has 16 atom stereocenters. The Balaban J connectivity index is 0.000000175. The number of nitriles is 1. The third-order valence-electron chi connectivity index (χ3n) is 25.0. The van der Waals surface area contributed by atoms with Crippen LogP contribution in [0.15, 0.2) is 72.1 Å². The van der Waals surface area contributed by atoms with E-state index in [2.05, 4.69) is 49.3 Å². The van der Waals surface area contributed by atoms with Crippen LogP contribution in [0.5, 0.6) is 0 Å². The summed E-state index contributed by atoms with van der Waals surface area (Å²) in [5.74, 6) is -1.06. The van der Waals surface area contributed by atoms with Crippen LogP contribution in [-0.4, -0.2) is 145 Å².